The molecule has 1 aliphatic rings. The van der Waals surface area contributed by atoms with Crippen LogP contribution in [0.3, 0.4) is 0 Å². The van der Waals surface area contributed by atoms with Crippen molar-refractivity contribution in [1.29, 1.82) is 0 Å². The van der Waals surface area contributed by atoms with Crippen molar-refractivity contribution < 1.29 is 13.7 Å². The zero-order valence-corrected chi connectivity index (χ0v) is 29.5. The molecule has 3 heterocycles. The molecule has 0 atom stereocenters. The smallest absolute Gasteiger partial charge is 0.455 e. The van der Waals surface area contributed by atoms with Crippen LogP contribution in [0.25, 0.3) is 78.4 Å². The zero-order chi connectivity index (χ0) is 35.5. The fraction of sp³-hybridized carbons (Fsp3) is 0.133. The molecule has 0 bridgehead atoms. The summed E-state index contributed by atoms with van der Waals surface area (Å²) in [5.74, 6) is 1.64. The molecule has 8 aromatic rings. The molecule has 6 nitrogen and oxygen atoms in total. The lowest BCUT2D eigenvalue weighted by Crippen LogP contribution is -2.41. The minimum atomic E-state index is -0.601. The van der Waals surface area contributed by atoms with Crippen LogP contribution in [0, 0.1) is 0 Å². The molecule has 6 aromatic carbocycles. The third-order valence-corrected chi connectivity index (χ3v) is 10.4. The first-order valence-electron chi connectivity index (χ1n) is 17.6. The van der Waals surface area contributed by atoms with Crippen LogP contribution in [0.5, 0.6) is 0 Å². The minimum Gasteiger partial charge on any atom is -0.455 e. The Bertz CT molecular complexity index is 2550. The van der Waals surface area contributed by atoms with E-state index in [1.165, 1.54) is 0 Å². The summed E-state index contributed by atoms with van der Waals surface area (Å²) in [6.45, 7) is 8.27. The number of rotatable bonds is 6. The highest BCUT2D eigenvalue weighted by Crippen LogP contribution is 2.40. The van der Waals surface area contributed by atoms with Crippen LogP contribution in [-0.4, -0.2) is 33.3 Å². The number of furan rings is 1. The van der Waals surface area contributed by atoms with E-state index in [-0.39, 0.29) is 0 Å². The SMILES string of the molecule is CC1(C)OB(c2cc(-c3nc(-c4ccccc4)nc(-c4ccc(-c5ccccc5)cc4)n3)c3oc4ccc(-c5ccccc5)cc4c3c2)OC1(C)C. The van der Waals surface area contributed by atoms with Crippen molar-refractivity contribution >= 4 is 34.5 Å². The number of nitrogens with zero attached hydrogens (tertiary/aromatic N) is 3. The van der Waals surface area contributed by atoms with Crippen molar-refractivity contribution in [1.82, 2.24) is 15.0 Å². The topological polar surface area (TPSA) is 70.3 Å². The van der Waals surface area contributed by atoms with Crippen molar-refractivity contribution in [3.63, 3.8) is 0 Å². The van der Waals surface area contributed by atoms with E-state index in [1.54, 1.807) is 0 Å². The van der Waals surface area contributed by atoms with Gasteiger partial charge in [0.2, 0.25) is 0 Å². The lowest BCUT2D eigenvalue weighted by molar-refractivity contribution is 0.00578. The summed E-state index contributed by atoms with van der Waals surface area (Å²) in [6, 6.07) is 49.6. The highest BCUT2D eigenvalue weighted by Gasteiger charge is 2.52. The lowest BCUT2D eigenvalue weighted by Gasteiger charge is -2.32. The van der Waals surface area contributed by atoms with E-state index in [1.807, 2.05) is 60.7 Å². The van der Waals surface area contributed by atoms with Crippen LogP contribution in [0.15, 0.2) is 150 Å². The summed E-state index contributed by atoms with van der Waals surface area (Å²) in [5, 5.41) is 1.93. The Balaban J connectivity index is 1.26. The molecule has 1 fully saturated rings. The normalized spacial score (nSPS) is 15.0. The summed E-state index contributed by atoms with van der Waals surface area (Å²) in [6.07, 6.45) is 0. The third kappa shape index (κ3) is 5.68. The van der Waals surface area contributed by atoms with Gasteiger partial charge < -0.3 is 13.7 Å². The van der Waals surface area contributed by atoms with E-state index in [9.17, 15) is 0 Å². The van der Waals surface area contributed by atoms with Gasteiger partial charge in [-0.2, -0.15) is 0 Å². The molecule has 1 aliphatic heterocycles. The van der Waals surface area contributed by atoms with Gasteiger partial charge in [-0.3, -0.25) is 0 Å². The molecule has 252 valence electrons. The highest BCUT2D eigenvalue weighted by atomic mass is 16.7. The van der Waals surface area contributed by atoms with Crippen molar-refractivity contribution in [2.75, 3.05) is 0 Å². The quantitative estimate of drug-likeness (QED) is 0.163. The van der Waals surface area contributed by atoms with Gasteiger partial charge in [-0.05, 0) is 73.6 Å². The van der Waals surface area contributed by atoms with Gasteiger partial charge in [0.15, 0.2) is 17.5 Å². The lowest BCUT2D eigenvalue weighted by atomic mass is 9.77. The molecule has 52 heavy (non-hydrogen) atoms. The second-order valence-corrected chi connectivity index (χ2v) is 14.3. The van der Waals surface area contributed by atoms with E-state index in [0.717, 1.165) is 60.8 Å². The van der Waals surface area contributed by atoms with Crippen molar-refractivity contribution in [2.24, 2.45) is 0 Å². The standard InChI is InChI=1S/C45H36BN3O3/c1-44(2)45(3,4)52-46(51-44)35-27-37-36-26-34(30-16-10-6-11-17-30)24-25-39(36)50-40(37)38(28-35)43-48-41(32-18-12-7-13-19-32)47-42(49-43)33-22-20-31(21-23-33)29-14-8-5-9-15-29/h5-28H,1-4H3. The fourth-order valence-electron chi connectivity index (χ4n) is 6.78. The zero-order valence-electron chi connectivity index (χ0n) is 29.5. The van der Waals surface area contributed by atoms with Gasteiger partial charge >= 0.3 is 7.12 Å². The Morgan fingerprint density at radius 2 is 0.904 bits per heavy atom. The first-order chi connectivity index (χ1) is 25.2. The minimum absolute atomic E-state index is 0.502. The summed E-state index contributed by atoms with van der Waals surface area (Å²) < 4.78 is 19.9. The predicted octanol–water partition coefficient (Wildman–Crippen LogP) is 10.4. The second kappa shape index (κ2) is 12.4. The van der Waals surface area contributed by atoms with Gasteiger partial charge in [0.1, 0.15) is 11.2 Å². The molecule has 0 radical (unpaired) electrons. The summed E-state index contributed by atoms with van der Waals surface area (Å²) in [4.78, 5) is 15.3. The van der Waals surface area contributed by atoms with Gasteiger partial charge in [0.25, 0.3) is 0 Å². The molecular weight excluding hydrogens is 641 g/mol. The van der Waals surface area contributed by atoms with E-state index in [0.29, 0.717) is 23.1 Å². The average Bonchev–Trinajstić information content (AvgIpc) is 3.66. The van der Waals surface area contributed by atoms with Gasteiger partial charge in [0.05, 0.1) is 16.8 Å². The molecule has 9 rings (SSSR count). The number of fused-ring (bicyclic) bond motifs is 3. The maximum Gasteiger partial charge on any atom is 0.494 e. The molecule has 2 aromatic heterocycles. The molecule has 0 unspecified atom stereocenters. The first kappa shape index (κ1) is 32.1. The van der Waals surface area contributed by atoms with Crippen molar-refractivity contribution in [2.45, 2.75) is 38.9 Å². The van der Waals surface area contributed by atoms with Crippen LogP contribution in [0.2, 0.25) is 0 Å². The summed E-state index contributed by atoms with van der Waals surface area (Å²) in [7, 11) is -0.601. The van der Waals surface area contributed by atoms with Crippen LogP contribution < -0.4 is 5.46 Å². The van der Waals surface area contributed by atoms with Crippen LogP contribution >= 0.6 is 0 Å². The molecule has 7 heteroatoms. The van der Waals surface area contributed by atoms with Gasteiger partial charge in [-0.1, -0.05) is 127 Å². The van der Waals surface area contributed by atoms with Gasteiger partial charge in [-0.15, -0.1) is 0 Å². The Morgan fingerprint density at radius 3 is 1.50 bits per heavy atom. The second-order valence-electron chi connectivity index (χ2n) is 14.3. The molecule has 0 saturated carbocycles. The van der Waals surface area contributed by atoms with Gasteiger partial charge in [0, 0.05) is 21.9 Å². The third-order valence-electron chi connectivity index (χ3n) is 10.4. The van der Waals surface area contributed by atoms with E-state index in [4.69, 9.17) is 28.7 Å². The molecule has 0 spiro atoms. The largest absolute Gasteiger partial charge is 0.494 e. The number of hydrogen-bond donors (Lipinski definition) is 0. The molecule has 0 N–H and O–H groups in total. The first-order valence-corrected chi connectivity index (χ1v) is 17.6. The Hall–Kier alpha value is -5.89. The number of benzene rings is 6. The van der Waals surface area contributed by atoms with Crippen LogP contribution in [0.4, 0.5) is 0 Å². The summed E-state index contributed by atoms with van der Waals surface area (Å²) >= 11 is 0. The van der Waals surface area contributed by atoms with Crippen LogP contribution in [-0.2, 0) is 9.31 Å². The molecular formula is C45H36BN3O3. The number of hydrogen-bond acceptors (Lipinski definition) is 6. The Kier molecular flexibility index (Phi) is 7.65. The molecule has 1 saturated heterocycles. The van der Waals surface area contributed by atoms with Crippen molar-refractivity contribution in [3.05, 3.63) is 146 Å². The maximum atomic E-state index is 6.70. The molecule has 0 amide bonds. The Morgan fingerprint density at radius 1 is 0.442 bits per heavy atom. The average molecular weight is 678 g/mol. The van der Waals surface area contributed by atoms with Crippen molar-refractivity contribution in [3.8, 4) is 56.4 Å². The highest BCUT2D eigenvalue weighted by molar-refractivity contribution is 6.62. The monoisotopic (exact) mass is 677 g/mol. The van der Waals surface area contributed by atoms with E-state index >= 15 is 0 Å². The fourth-order valence-corrected chi connectivity index (χ4v) is 6.78. The van der Waals surface area contributed by atoms with Gasteiger partial charge in [-0.25, -0.2) is 15.0 Å². The van der Waals surface area contributed by atoms with E-state index < -0.39 is 18.3 Å². The Labute approximate surface area is 303 Å². The predicted molar refractivity (Wildman–Crippen MR) is 210 cm³/mol. The molecule has 0 aliphatic carbocycles. The van der Waals surface area contributed by atoms with E-state index in [2.05, 4.69) is 113 Å². The van der Waals surface area contributed by atoms with Crippen LogP contribution in [0.1, 0.15) is 27.7 Å². The maximum absolute atomic E-state index is 6.70. The summed E-state index contributed by atoms with van der Waals surface area (Å²) in [5.41, 5.74) is 8.32. The number of aromatic nitrogens is 3.